The number of halogens is 3. The quantitative estimate of drug-likeness (QED) is 0.684. The third-order valence-corrected chi connectivity index (χ3v) is 5.92. The number of hydrogen-bond donors (Lipinski definition) is 1. The standard InChI is InChI=1S/C21H30N2O.C2HF3O2/c1-3-7-18-8-10-19(11-9-18)20(24)22-15-5-12-21(17-22)13-6-16-23(21)14-4-2;3-2(4,5)1(6)7/h4,8-11H,2-3,5-7,12-17H2,1H3;(H,6,7). The predicted molar refractivity (Wildman–Crippen MR) is 113 cm³/mol. The van der Waals surface area contributed by atoms with Gasteiger partial charge in [-0.05, 0) is 56.3 Å². The zero-order valence-corrected chi connectivity index (χ0v) is 18.0. The highest BCUT2D eigenvalue weighted by Gasteiger charge is 2.44. The SMILES string of the molecule is C=CCN1CCCC12CCCN(C(=O)c1ccc(CCC)cc1)C2.O=C(O)C(F)(F)F. The Morgan fingerprint density at radius 1 is 1.16 bits per heavy atom. The van der Waals surface area contributed by atoms with Crippen molar-refractivity contribution in [3.63, 3.8) is 0 Å². The third kappa shape index (κ3) is 6.56. The first-order valence-electron chi connectivity index (χ1n) is 10.7. The molecule has 0 bridgehead atoms. The van der Waals surface area contributed by atoms with Gasteiger partial charge in [0.2, 0.25) is 0 Å². The number of carbonyl (C=O) groups excluding carboxylic acids is 1. The van der Waals surface area contributed by atoms with E-state index >= 15 is 0 Å². The Kier molecular flexibility index (Phi) is 8.68. The molecule has 1 atom stereocenters. The first kappa shape index (κ1) is 24.9. The highest BCUT2D eigenvalue weighted by Crippen LogP contribution is 2.37. The number of likely N-dealkylation sites (tertiary alicyclic amines) is 2. The molecule has 2 saturated heterocycles. The van der Waals surface area contributed by atoms with Crippen LogP contribution in [0.15, 0.2) is 36.9 Å². The van der Waals surface area contributed by atoms with Crippen molar-refractivity contribution < 1.29 is 27.9 Å². The van der Waals surface area contributed by atoms with Crippen molar-refractivity contribution in [2.24, 2.45) is 0 Å². The van der Waals surface area contributed by atoms with Crippen molar-refractivity contribution in [1.29, 1.82) is 0 Å². The number of carboxylic acid groups (broad SMARTS) is 1. The molecule has 8 heteroatoms. The summed E-state index contributed by atoms with van der Waals surface area (Å²) < 4.78 is 31.7. The van der Waals surface area contributed by atoms with Gasteiger partial charge in [0.1, 0.15) is 0 Å². The maximum atomic E-state index is 13.0. The molecule has 1 N–H and O–H groups in total. The number of aryl methyl sites for hydroxylation is 1. The molecule has 5 nitrogen and oxygen atoms in total. The molecule has 0 aliphatic carbocycles. The van der Waals surface area contributed by atoms with E-state index in [2.05, 4.69) is 35.4 Å². The smallest absolute Gasteiger partial charge is 0.475 e. The van der Waals surface area contributed by atoms with Gasteiger partial charge in [-0.3, -0.25) is 9.69 Å². The van der Waals surface area contributed by atoms with E-state index in [0.29, 0.717) is 0 Å². The highest BCUT2D eigenvalue weighted by atomic mass is 19.4. The van der Waals surface area contributed by atoms with Crippen LogP contribution >= 0.6 is 0 Å². The molecule has 2 aliphatic heterocycles. The normalized spacial score (nSPS) is 21.5. The maximum absolute atomic E-state index is 13.0. The molecule has 2 fully saturated rings. The van der Waals surface area contributed by atoms with Gasteiger partial charge in [0.05, 0.1) is 0 Å². The second kappa shape index (κ2) is 10.8. The van der Waals surface area contributed by atoms with Crippen molar-refractivity contribution in [2.45, 2.75) is 57.2 Å². The van der Waals surface area contributed by atoms with Crippen molar-refractivity contribution in [3.05, 3.63) is 48.0 Å². The second-order valence-electron chi connectivity index (χ2n) is 8.14. The van der Waals surface area contributed by atoms with Crippen LogP contribution in [0.2, 0.25) is 0 Å². The van der Waals surface area contributed by atoms with Crippen molar-refractivity contribution >= 4 is 11.9 Å². The molecule has 1 unspecified atom stereocenters. The summed E-state index contributed by atoms with van der Waals surface area (Å²) in [5.74, 6) is -2.56. The highest BCUT2D eigenvalue weighted by molar-refractivity contribution is 5.94. The molecule has 1 aromatic rings. The summed E-state index contributed by atoms with van der Waals surface area (Å²) in [5.41, 5.74) is 2.34. The Bertz CT molecular complexity index is 764. The first-order chi connectivity index (χ1) is 14.6. The summed E-state index contributed by atoms with van der Waals surface area (Å²) in [5, 5.41) is 7.12. The second-order valence-corrected chi connectivity index (χ2v) is 8.14. The van der Waals surface area contributed by atoms with E-state index in [-0.39, 0.29) is 11.4 Å². The number of rotatable bonds is 5. The average Bonchev–Trinajstić information content (AvgIpc) is 3.09. The van der Waals surface area contributed by atoms with Crippen LogP contribution in [0.5, 0.6) is 0 Å². The zero-order chi connectivity index (χ0) is 23.1. The molecule has 1 amide bonds. The number of carbonyl (C=O) groups is 2. The van der Waals surface area contributed by atoms with Gasteiger partial charge in [-0.25, -0.2) is 4.79 Å². The van der Waals surface area contributed by atoms with Crippen LogP contribution in [-0.2, 0) is 11.2 Å². The van der Waals surface area contributed by atoms with Crippen LogP contribution in [0.4, 0.5) is 13.2 Å². The molecule has 2 aliphatic rings. The van der Waals surface area contributed by atoms with Gasteiger partial charge in [0.25, 0.3) is 5.91 Å². The summed E-state index contributed by atoms with van der Waals surface area (Å²) >= 11 is 0. The lowest BCUT2D eigenvalue weighted by atomic mass is 9.86. The molecular weight excluding hydrogens is 409 g/mol. The van der Waals surface area contributed by atoms with Crippen LogP contribution in [0.25, 0.3) is 0 Å². The number of alkyl halides is 3. The number of hydrogen-bond acceptors (Lipinski definition) is 3. The number of benzene rings is 1. The summed E-state index contributed by atoms with van der Waals surface area (Å²) in [4.78, 5) is 26.5. The third-order valence-electron chi connectivity index (χ3n) is 5.92. The monoisotopic (exact) mass is 440 g/mol. The van der Waals surface area contributed by atoms with Crippen LogP contribution < -0.4 is 0 Å². The Morgan fingerprint density at radius 3 is 2.26 bits per heavy atom. The molecule has 3 rings (SSSR count). The van der Waals surface area contributed by atoms with Gasteiger partial charge in [0.15, 0.2) is 0 Å². The minimum Gasteiger partial charge on any atom is -0.475 e. The lowest BCUT2D eigenvalue weighted by Gasteiger charge is -2.45. The van der Waals surface area contributed by atoms with Gasteiger partial charge in [-0.15, -0.1) is 6.58 Å². The van der Waals surface area contributed by atoms with E-state index in [1.807, 2.05) is 18.2 Å². The summed E-state index contributed by atoms with van der Waals surface area (Å²) in [6.45, 7) is 9.92. The van der Waals surface area contributed by atoms with E-state index in [9.17, 15) is 18.0 Å². The van der Waals surface area contributed by atoms with Crippen LogP contribution in [0.3, 0.4) is 0 Å². The molecular formula is C23H31F3N2O3. The van der Waals surface area contributed by atoms with Crippen LogP contribution in [0.1, 0.15) is 54.9 Å². The summed E-state index contributed by atoms with van der Waals surface area (Å²) in [6, 6.07) is 8.22. The van der Waals surface area contributed by atoms with E-state index in [4.69, 9.17) is 9.90 Å². The molecule has 31 heavy (non-hydrogen) atoms. The fourth-order valence-corrected chi connectivity index (χ4v) is 4.47. The van der Waals surface area contributed by atoms with E-state index < -0.39 is 12.1 Å². The topological polar surface area (TPSA) is 60.9 Å². The largest absolute Gasteiger partial charge is 0.490 e. The molecule has 0 aromatic heterocycles. The minimum absolute atomic E-state index is 0.185. The Hall–Kier alpha value is -2.35. The molecule has 2 heterocycles. The van der Waals surface area contributed by atoms with Crippen molar-refractivity contribution in [2.75, 3.05) is 26.2 Å². The van der Waals surface area contributed by atoms with Gasteiger partial charge < -0.3 is 10.0 Å². The summed E-state index contributed by atoms with van der Waals surface area (Å²) in [6.07, 6.45) is 3.90. The van der Waals surface area contributed by atoms with Crippen molar-refractivity contribution in [3.8, 4) is 0 Å². The number of aliphatic carboxylic acids is 1. The number of piperidine rings is 1. The van der Waals surface area contributed by atoms with Gasteiger partial charge >= 0.3 is 12.1 Å². The number of carboxylic acids is 1. The average molecular weight is 441 g/mol. The molecule has 1 spiro atoms. The molecule has 1 aromatic carbocycles. The van der Waals surface area contributed by atoms with E-state index in [1.54, 1.807) is 0 Å². The van der Waals surface area contributed by atoms with Gasteiger partial charge in [-0.2, -0.15) is 13.2 Å². The zero-order valence-electron chi connectivity index (χ0n) is 18.0. The molecule has 172 valence electrons. The predicted octanol–water partition coefficient (Wildman–Crippen LogP) is 4.53. The van der Waals surface area contributed by atoms with E-state index in [0.717, 1.165) is 51.0 Å². The Labute approximate surface area is 181 Å². The molecule has 0 radical (unpaired) electrons. The maximum Gasteiger partial charge on any atom is 0.490 e. The fourth-order valence-electron chi connectivity index (χ4n) is 4.47. The number of amides is 1. The van der Waals surface area contributed by atoms with Crippen LogP contribution in [-0.4, -0.2) is 64.7 Å². The fraction of sp³-hybridized carbons (Fsp3) is 0.565. The van der Waals surface area contributed by atoms with Gasteiger partial charge in [-0.1, -0.05) is 31.6 Å². The van der Waals surface area contributed by atoms with E-state index in [1.165, 1.54) is 24.8 Å². The van der Waals surface area contributed by atoms with Crippen LogP contribution in [0, 0.1) is 0 Å². The number of nitrogens with zero attached hydrogens (tertiary/aromatic N) is 2. The summed E-state index contributed by atoms with van der Waals surface area (Å²) in [7, 11) is 0. The van der Waals surface area contributed by atoms with Crippen molar-refractivity contribution in [1.82, 2.24) is 9.80 Å². The Balaban J connectivity index is 0.000000423. The lowest BCUT2D eigenvalue weighted by molar-refractivity contribution is -0.192. The molecule has 0 saturated carbocycles. The first-order valence-corrected chi connectivity index (χ1v) is 10.7. The van der Waals surface area contributed by atoms with Gasteiger partial charge in [0, 0.05) is 30.7 Å². The lowest BCUT2D eigenvalue weighted by Crippen LogP contribution is -2.56. The minimum atomic E-state index is -5.08. The Morgan fingerprint density at radius 2 is 1.74 bits per heavy atom.